The molecule has 3 rings (SSSR count). The summed E-state index contributed by atoms with van der Waals surface area (Å²) in [6, 6.07) is -0.280. The fourth-order valence-electron chi connectivity index (χ4n) is 3.87. The molecule has 204 valence electrons. The maximum Gasteiger partial charge on any atom is 0.341 e. The molecule has 0 spiro atoms. The lowest BCUT2D eigenvalue weighted by Gasteiger charge is -2.38. The van der Waals surface area contributed by atoms with Gasteiger partial charge in [0.25, 0.3) is 0 Å². The second-order valence-corrected chi connectivity index (χ2v) is 11.0. The topological polar surface area (TPSA) is 168 Å². The van der Waals surface area contributed by atoms with Crippen LogP contribution in [0.2, 0.25) is 5.11 Å². The van der Waals surface area contributed by atoms with Gasteiger partial charge in [-0.15, -0.1) is 11.3 Å². The van der Waals surface area contributed by atoms with Crippen LogP contribution in [0.25, 0.3) is 0 Å². The van der Waals surface area contributed by atoms with Gasteiger partial charge < -0.3 is 35.2 Å². The van der Waals surface area contributed by atoms with Crippen molar-refractivity contribution in [1.29, 1.82) is 0 Å². The quantitative estimate of drug-likeness (QED) is 0.157. The predicted octanol–water partition coefficient (Wildman–Crippen LogP) is -1.71. The Bertz CT molecular complexity index is 1150. The minimum atomic E-state index is -3.35. The van der Waals surface area contributed by atoms with Crippen LogP contribution >= 0.6 is 11.3 Å². The number of ether oxygens (including phenoxy) is 1. The summed E-state index contributed by atoms with van der Waals surface area (Å²) < 4.78 is 4.72. The molecule has 17 heteroatoms. The molecule has 0 atom stereocenters. The highest BCUT2D eigenvalue weighted by atomic mass is 32.1. The molecule has 6 radical (unpaired) electrons. The largest absolute Gasteiger partial charge is 0.481 e. The van der Waals surface area contributed by atoms with Gasteiger partial charge in [-0.3, -0.25) is 14.7 Å². The number of hydrogen-bond donors (Lipinski definition) is 4. The summed E-state index contributed by atoms with van der Waals surface area (Å²) in [5.74, 6) is -5.05. The Hall–Kier alpha value is -2.88. The molecule has 0 unspecified atom stereocenters. The number of aliphatic carboxylic acids is 1. The molecule has 0 aliphatic carbocycles. The maximum absolute atomic E-state index is 12.9. The number of thiazole rings is 1. The third kappa shape index (κ3) is 7.41. The minimum Gasteiger partial charge on any atom is -0.481 e. The van der Waals surface area contributed by atoms with E-state index >= 15 is 0 Å². The van der Waals surface area contributed by atoms with Gasteiger partial charge in [0, 0.05) is 63.6 Å². The Balaban J connectivity index is 1.70. The van der Waals surface area contributed by atoms with Crippen LogP contribution in [0.3, 0.4) is 0 Å². The van der Waals surface area contributed by atoms with Gasteiger partial charge in [0.15, 0.2) is 10.8 Å². The van der Waals surface area contributed by atoms with Crippen molar-refractivity contribution in [3.05, 3.63) is 27.9 Å². The molecule has 2 amide bonds. The number of aromatic nitrogens is 1. The summed E-state index contributed by atoms with van der Waals surface area (Å²) in [5, 5.41) is 32.1. The average Bonchev–Trinajstić information content (AvgIpc) is 3.38. The van der Waals surface area contributed by atoms with Gasteiger partial charge in [-0.05, 0) is 19.0 Å². The fraction of sp³-hybridized carbons (Fsp3) is 0.591. The van der Waals surface area contributed by atoms with Crippen LogP contribution < -0.4 is 5.32 Å². The average molecular weight is 554 g/mol. The van der Waals surface area contributed by atoms with Gasteiger partial charge in [0.2, 0.25) is 0 Å². The van der Waals surface area contributed by atoms with Crippen molar-refractivity contribution in [2.24, 2.45) is 10.4 Å². The van der Waals surface area contributed by atoms with Crippen LogP contribution in [0.15, 0.2) is 27.8 Å². The molecular formula is C22H29B3N6O7S. The third-order valence-corrected chi connectivity index (χ3v) is 7.05. The second-order valence-electron chi connectivity index (χ2n) is 10.1. The Morgan fingerprint density at radius 2 is 1.82 bits per heavy atom. The maximum atomic E-state index is 12.9. The Morgan fingerprint density at radius 1 is 1.18 bits per heavy atom. The summed E-state index contributed by atoms with van der Waals surface area (Å²) in [5.41, 5.74) is -0.709. The number of aliphatic imine (C=N–C) groups is 1. The molecule has 1 aromatic rings. The molecule has 2 aliphatic rings. The normalized spacial score (nSPS) is 17.4. The van der Waals surface area contributed by atoms with Crippen LogP contribution in [0.4, 0.5) is 4.79 Å². The van der Waals surface area contributed by atoms with Gasteiger partial charge in [-0.1, -0.05) is 0 Å². The fourth-order valence-corrected chi connectivity index (χ4v) is 4.46. The number of carboxylic acid groups (broad SMARTS) is 1. The van der Waals surface area contributed by atoms with E-state index in [0.717, 1.165) is 0 Å². The predicted molar refractivity (Wildman–Crippen MR) is 144 cm³/mol. The molecule has 13 nitrogen and oxygen atoms in total. The standard InChI is InChI=1S/C22H29B3N6O7S/c1-20(2,18(33)34)12-29(3)19(35)31-7-5-30(6-8-31)11-14-13(17(32)38-22(36,37)21(23,24)25)10-27-15(28-14)16-26-4-9-39-16/h4,9,36-37H,5-8,10-12H2,1-3H3,(H,27,28)(H,33,34). The number of nitrogens with one attached hydrogen (secondary N) is 1. The molecule has 0 saturated carbocycles. The summed E-state index contributed by atoms with van der Waals surface area (Å²) in [6.07, 6.45) is 1.61. The highest BCUT2D eigenvalue weighted by Crippen LogP contribution is 2.28. The highest BCUT2D eigenvalue weighted by molar-refractivity contribution is 7.11. The molecule has 3 heterocycles. The highest BCUT2D eigenvalue weighted by Gasteiger charge is 2.42. The van der Waals surface area contributed by atoms with Crippen LogP contribution in [-0.2, 0) is 14.3 Å². The summed E-state index contributed by atoms with van der Waals surface area (Å²) >= 11 is 1.34. The van der Waals surface area contributed by atoms with Gasteiger partial charge in [-0.25, -0.2) is 14.6 Å². The Labute approximate surface area is 234 Å². The summed E-state index contributed by atoms with van der Waals surface area (Å²) in [6.45, 7) is 4.84. The van der Waals surface area contributed by atoms with Crippen molar-refractivity contribution >= 4 is 58.7 Å². The van der Waals surface area contributed by atoms with Crippen molar-refractivity contribution in [1.82, 2.24) is 25.0 Å². The molecule has 1 fully saturated rings. The zero-order valence-corrected chi connectivity index (χ0v) is 22.8. The molecule has 1 aromatic heterocycles. The lowest BCUT2D eigenvalue weighted by Crippen LogP contribution is -2.54. The smallest absolute Gasteiger partial charge is 0.341 e. The van der Waals surface area contributed by atoms with E-state index in [2.05, 4.69) is 15.3 Å². The zero-order valence-electron chi connectivity index (χ0n) is 22.0. The number of rotatable bonds is 9. The van der Waals surface area contributed by atoms with Gasteiger partial charge in [0.05, 0.1) is 41.1 Å². The molecule has 2 aliphatic heterocycles. The summed E-state index contributed by atoms with van der Waals surface area (Å²) in [4.78, 5) is 50.7. The monoisotopic (exact) mass is 554 g/mol. The van der Waals surface area contributed by atoms with E-state index < -0.39 is 28.4 Å². The molecule has 0 aromatic carbocycles. The van der Waals surface area contributed by atoms with Gasteiger partial charge in [0.1, 0.15) is 0 Å². The van der Waals surface area contributed by atoms with Gasteiger partial charge in [-0.2, -0.15) is 0 Å². The number of amidine groups is 1. The number of carboxylic acids is 1. The molecule has 4 N–H and O–H groups in total. The lowest BCUT2D eigenvalue weighted by atomic mass is 9.41. The van der Waals surface area contributed by atoms with E-state index in [-0.39, 0.29) is 31.2 Å². The van der Waals surface area contributed by atoms with E-state index in [9.17, 15) is 29.7 Å². The van der Waals surface area contributed by atoms with E-state index in [1.165, 1.54) is 16.2 Å². The van der Waals surface area contributed by atoms with Crippen LogP contribution in [-0.4, -0.2) is 141 Å². The minimum absolute atomic E-state index is 0.00109. The van der Waals surface area contributed by atoms with Crippen molar-refractivity contribution in [3.63, 3.8) is 0 Å². The number of carbonyl (C=O) groups excluding carboxylic acids is 2. The molecule has 39 heavy (non-hydrogen) atoms. The van der Waals surface area contributed by atoms with E-state index in [4.69, 9.17) is 28.3 Å². The molecular weight excluding hydrogens is 525 g/mol. The first kappa shape index (κ1) is 30.7. The molecule has 0 bridgehead atoms. The first-order valence-electron chi connectivity index (χ1n) is 12.0. The van der Waals surface area contributed by atoms with Crippen molar-refractivity contribution in [2.75, 3.05) is 52.9 Å². The second kappa shape index (κ2) is 11.7. The number of carbonyl (C=O) groups is 3. The number of amides is 2. The SMILES string of the molecule is [B]C([B])([B])C(O)(O)OC(=O)C1=C(CN2CCN(C(=O)N(C)CC(C)(C)C(=O)O)CC2)NC(c2nccs2)=NC1. The Morgan fingerprint density at radius 3 is 2.36 bits per heavy atom. The number of nitrogens with zero attached hydrogens (tertiary/aromatic N) is 5. The van der Waals surface area contributed by atoms with E-state index in [1.54, 1.807) is 37.4 Å². The number of esters is 1. The van der Waals surface area contributed by atoms with Crippen molar-refractivity contribution in [3.8, 4) is 0 Å². The van der Waals surface area contributed by atoms with E-state index in [1.807, 2.05) is 4.90 Å². The Kier molecular flexibility index (Phi) is 9.20. The summed E-state index contributed by atoms with van der Waals surface area (Å²) in [7, 11) is 17.5. The third-order valence-electron chi connectivity index (χ3n) is 6.27. The molecule has 1 saturated heterocycles. The van der Waals surface area contributed by atoms with Crippen LogP contribution in [0.5, 0.6) is 0 Å². The van der Waals surface area contributed by atoms with Crippen LogP contribution in [0, 0.1) is 5.41 Å². The van der Waals surface area contributed by atoms with Gasteiger partial charge >= 0.3 is 23.9 Å². The zero-order chi connectivity index (χ0) is 29.2. The first-order chi connectivity index (χ1) is 18.0. The van der Waals surface area contributed by atoms with E-state index in [0.29, 0.717) is 42.7 Å². The number of piperazine rings is 1. The van der Waals surface area contributed by atoms with Crippen LogP contribution in [0.1, 0.15) is 18.9 Å². The number of hydrogen-bond acceptors (Lipinski definition) is 11. The van der Waals surface area contributed by atoms with Crippen molar-refractivity contribution in [2.45, 2.75) is 24.9 Å². The van der Waals surface area contributed by atoms with Crippen molar-refractivity contribution < 1.29 is 34.4 Å². The number of aliphatic hydroxyl groups is 2. The lowest BCUT2D eigenvalue weighted by molar-refractivity contribution is -0.316. The first-order valence-corrected chi connectivity index (χ1v) is 12.8. The number of urea groups is 1.